The Balaban J connectivity index is 1.98. The van der Waals surface area contributed by atoms with Crippen molar-refractivity contribution < 1.29 is 13.2 Å². The molecule has 0 unspecified atom stereocenters. The van der Waals surface area contributed by atoms with Gasteiger partial charge >= 0.3 is 0 Å². The largest absolute Gasteiger partial charge is 0.338 e. The lowest BCUT2D eigenvalue weighted by Gasteiger charge is -2.33. The molecule has 1 atom stereocenters. The summed E-state index contributed by atoms with van der Waals surface area (Å²) in [6, 6.07) is 3.55. The van der Waals surface area contributed by atoms with E-state index in [-0.39, 0.29) is 11.8 Å². The third-order valence-electron chi connectivity index (χ3n) is 4.24. The fourth-order valence-electron chi connectivity index (χ4n) is 2.70. The van der Waals surface area contributed by atoms with Gasteiger partial charge in [0.25, 0.3) is 5.91 Å². The minimum atomic E-state index is -3.26. The normalized spacial score (nSPS) is 19.1. The molecular formula is C16H25N3O3S. The van der Waals surface area contributed by atoms with Crippen LogP contribution >= 0.6 is 0 Å². The van der Waals surface area contributed by atoms with Gasteiger partial charge in [0.05, 0.1) is 10.8 Å². The first kappa shape index (κ1) is 17.9. The Morgan fingerprint density at radius 2 is 2.22 bits per heavy atom. The Morgan fingerprint density at radius 3 is 2.87 bits per heavy atom. The van der Waals surface area contributed by atoms with Crippen molar-refractivity contribution >= 4 is 15.9 Å². The molecule has 0 bridgehead atoms. The van der Waals surface area contributed by atoms with E-state index in [0.717, 1.165) is 18.5 Å². The summed E-state index contributed by atoms with van der Waals surface area (Å²) in [5.41, 5.74) is 1.34. The van der Waals surface area contributed by atoms with Crippen molar-refractivity contribution in [1.29, 1.82) is 0 Å². The van der Waals surface area contributed by atoms with E-state index < -0.39 is 15.3 Å². The van der Waals surface area contributed by atoms with Gasteiger partial charge in [-0.2, -0.15) is 0 Å². The molecule has 2 rings (SSSR count). The van der Waals surface area contributed by atoms with E-state index in [1.165, 1.54) is 0 Å². The summed E-state index contributed by atoms with van der Waals surface area (Å²) >= 11 is 0. The number of pyridine rings is 1. The molecule has 1 aromatic rings. The molecular weight excluding hydrogens is 314 g/mol. The van der Waals surface area contributed by atoms with Crippen LogP contribution in [-0.2, 0) is 10.0 Å². The minimum Gasteiger partial charge on any atom is -0.338 e. The molecule has 1 aliphatic rings. The lowest BCUT2D eigenvalue weighted by atomic mass is 9.97. The van der Waals surface area contributed by atoms with E-state index in [0.29, 0.717) is 25.2 Å². The van der Waals surface area contributed by atoms with Crippen molar-refractivity contribution in [3.63, 3.8) is 0 Å². The van der Waals surface area contributed by atoms with E-state index in [1.807, 2.05) is 11.8 Å². The molecule has 0 aromatic carbocycles. The number of hydrogen-bond donors (Lipinski definition) is 1. The van der Waals surface area contributed by atoms with Gasteiger partial charge in [0.2, 0.25) is 10.0 Å². The van der Waals surface area contributed by atoms with Gasteiger partial charge in [-0.1, -0.05) is 0 Å². The Kier molecular flexibility index (Phi) is 5.75. The first-order valence-electron chi connectivity index (χ1n) is 8.00. The quantitative estimate of drug-likeness (QED) is 0.883. The van der Waals surface area contributed by atoms with Crippen LogP contribution in [-0.4, -0.2) is 49.1 Å². The number of rotatable bonds is 5. The van der Waals surface area contributed by atoms with Crippen LogP contribution in [0, 0.1) is 12.8 Å². The van der Waals surface area contributed by atoms with E-state index in [9.17, 15) is 13.2 Å². The summed E-state index contributed by atoms with van der Waals surface area (Å²) in [5, 5.41) is -0.443. The van der Waals surface area contributed by atoms with Crippen LogP contribution < -0.4 is 4.72 Å². The van der Waals surface area contributed by atoms with Gasteiger partial charge < -0.3 is 4.90 Å². The fraction of sp³-hybridized carbons (Fsp3) is 0.625. The molecule has 7 heteroatoms. The smallest absolute Gasteiger partial charge is 0.255 e. The van der Waals surface area contributed by atoms with Crippen molar-refractivity contribution in [2.75, 3.05) is 19.6 Å². The van der Waals surface area contributed by atoms with Gasteiger partial charge in [-0.25, -0.2) is 13.1 Å². The summed E-state index contributed by atoms with van der Waals surface area (Å²) in [7, 11) is -3.26. The van der Waals surface area contributed by atoms with Crippen LogP contribution in [0.3, 0.4) is 0 Å². The van der Waals surface area contributed by atoms with E-state index >= 15 is 0 Å². The number of carbonyl (C=O) groups is 1. The van der Waals surface area contributed by atoms with Gasteiger partial charge in [-0.15, -0.1) is 0 Å². The Morgan fingerprint density at radius 1 is 1.48 bits per heavy atom. The first-order chi connectivity index (χ1) is 10.8. The highest BCUT2D eigenvalue weighted by molar-refractivity contribution is 7.90. The third-order valence-corrected chi connectivity index (χ3v) is 6.05. The van der Waals surface area contributed by atoms with E-state index in [2.05, 4.69) is 9.71 Å². The standard InChI is InChI=1S/C16H25N3O3S/c1-12(2)23(21,22)18-10-14-6-5-9-19(11-14)16(20)15-7-4-8-17-13(15)3/h4,7-8,12,14,18H,5-6,9-11H2,1-3H3/t14-/m0/s1. The molecule has 23 heavy (non-hydrogen) atoms. The average Bonchev–Trinajstić information content (AvgIpc) is 2.53. The maximum Gasteiger partial charge on any atom is 0.255 e. The molecule has 1 aromatic heterocycles. The van der Waals surface area contributed by atoms with Crippen LogP contribution in [0.25, 0.3) is 0 Å². The zero-order chi connectivity index (χ0) is 17.0. The van der Waals surface area contributed by atoms with E-state index in [1.54, 1.807) is 32.2 Å². The van der Waals surface area contributed by atoms with E-state index in [4.69, 9.17) is 0 Å². The molecule has 1 N–H and O–H groups in total. The number of aryl methyl sites for hydroxylation is 1. The predicted molar refractivity (Wildman–Crippen MR) is 89.7 cm³/mol. The lowest BCUT2D eigenvalue weighted by molar-refractivity contribution is 0.0675. The number of aromatic nitrogens is 1. The number of sulfonamides is 1. The molecule has 1 amide bonds. The molecule has 1 fully saturated rings. The minimum absolute atomic E-state index is 0.0213. The van der Waals surface area contributed by atoms with Crippen molar-refractivity contribution in [3.05, 3.63) is 29.6 Å². The topological polar surface area (TPSA) is 79.4 Å². The molecule has 6 nitrogen and oxygen atoms in total. The highest BCUT2D eigenvalue weighted by Gasteiger charge is 2.27. The van der Waals surface area contributed by atoms with Crippen LogP contribution in [0.1, 0.15) is 42.7 Å². The van der Waals surface area contributed by atoms with Crippen molar-refractivity contribution in [2.24, 2.45) is 5.92 Å². The molecule has 2 heterocycles. The molecule has 0 spiro atoms. The van der Waals surface area contributed by atoms with Crippen LogP contribution in [0.5, 0.6) is 0 Å². The molecule has 128 valence electrons. The Hall–Kier alpha value is -1.47. The summed E-state index contributed by atoms with van der Waals surface area (Å²) in [6.45, 7) is 6.81. The number of hydrogen-bond acceptors (Lipinski definition) is 4. The van der Waals surface area contributed by atoms with Gasteiger partial charge in [0.15, 0.2) is 0 Å². The fourth-order valence-corrected chi connectivity index (χ4v) is 3.50. The van der Waals surface area contributed by atoms with Crippen LogP contribution in [0.4, 0.5) is 0 Å². The first-order valence-corrected chi connectivity index (χ1v) is 9.55. The highest BCUT2D eigenvalue weighted by atomic mass is 32.2. The molecule has 0 radical (unpaired) electrons. The maximum absolute atomic E-state index is 12.6. The van der Waals surface area contributed by atoms with Crippen LogP contribution in [0.2, 0.25) is 0 Å². The van der Waals surface area contributed by atoms with Gasteiger partial charge in [-0.05, 0) is 51.7 Å². The summed E-state index contributed by atoms with van der Waals surface area (Å²) in [6.07, 6.45) is 3.49. The van der Waals surface area contributed by atoms with Gasteiger partial charge in [0.1, 0.15) is 0 Å². The summed E-state index contributed by atoms with van der Waals surface area (Å²) < 4.78 is 26.4. The van der Waals surface area contributed by atoms with Gasteiger partial charge in [0, 0.05) is 31.5 Å². The Labute approximate surface area is 138 Å². The Bertz CT molecular complexity index is 658. The number of likely N-dealkylation sites (tertiary alicyclic amines) is 1. The second-order valence-corrected chi connectivity index (χ2v) is 8.66. The number of carbonyl (C=O) groups excluding carboxylic acids is 1. The zero-order valence-corrected chi connectivity index (χ0v) is 14.8. The lowest BCUT2D eigenvalue weighted by Crippen LogP contribution is -2.44. The molecule has 0 saturated carbocycles. The number of nitrogens with zero attached hydrogens (tertiary/aromatic N) is 2. The van der Waals surface area contributed by atoms with Gasteiger partial charge in [-0.3, -0.25) is 9.78 Å². The van der Waals surface area contributed by atoms with Crippen molar-refractivity contribution in [3.8, 4) is 0 Å². The van der Waals surface area contributed by atoms with Crippen molar-refractivity contribution in [1.82, 2.24) is 14.6 Å². The molecule has 1 aliphatic heterocycles. The summed E-state index contributed by atoms with van der Waals surface area (Å²) in [5.74, 6) is 0.130. The number of nitrogens with one attached hydrogen (secondary N) is 1. The molecule has 1 saturated heterocycles. The second kappa shape index (κ2) is 7.40. The monoisotopic (exact) mass is 339 g/mol. The molecule has 0 aliphatic carbocycles. The zero-order valence-electron chi connectivity index (χ0n) is 13.9. The SMILES string of the molecule is Cc1ncccc1C(=O)N1CCC[C@@H](CNS(=O)(=O)C(C)C)C1. The average molecular weight is 339 g/mol. The maximum atomic E-state index is 12.6. The highest BCUT2D eigenvalue weighted by Crippen LogP contribution is 2.19. The third kappa shape index (κ3) is 4.51. The second-order valence-electron chi connectivity index (χ2n) is 6.34. The predicted octanol–water partition coefficient (Wildman–Crippen LogP) is 1.57. The van der Waals surface area contributed by atoms with Crippen LogP contribution in [0.15, 0.2) is 18.3 Å². The summed E-state index contributed by atoms with van der Waals surface area (Å²) in [4.78, 5) is 18.6. The van der Waals surface area contributed by atoms with Crippen molar-refractivity contribution in [2.45, 2.75) is 38.9 Å². The number of piperidine rings is 1. The number of amides is 1.